The third-order valence-corrected chi connectivity index (χ3v) is 6.58. The van der Waals surface area contributed by atoms with Crippen LogP contribution in [0.2, 0.25) is 0 Å². The minimum Gasteiger partial charge on any atom is -0.350 e. The van der Waals surface area contributed by atoms with Crippen LogP contribution in [0.5, 0.6) is 0 Å². The zero-order valence-electron chi connectivity index (χ0n) is 15.8. The molecular formula is C19H30N2O3S. The first-order valence-corrected chi connectivity index (χ1v) is 10.3. The summed E-state index contributed by atoms with van der Waals surface area (Å²) in [7, 11) is -3.45. The second-order valence-corrected chi connectivity index (χ2v) is 8.11. The molecule has 0 bridgehead atoms. The van der Waals surface area contributed by atoms with Gasteiger partial charge in [-0.3, -0.25) is 4.79 Å². The summed E-state index contributed by atoms with van der Waals surface area (Å²) in [5.74, 6) is 0.273. The van der Waals surface area contributed by atoms with Crippen molar-refractivity contribution in [3.63, 3.8) is 0 Å². The van der Waals surface area contributed by atoms with Crippen LogP contribution in [0.15, 0.2) is 35.2 Å². The van der Waals surface area contributed by atoms with Gasteiger partial charge in [-0.25, -0.2) is 8.42 Å². The highest BCUT2D eigenvalue weighted by atomic mass is 32.2. The number of carbonyl (C=O) groups excluding carboxylic acids is 1. The fourth-order valence-corrected chi connectivity index (χ4v) is 3.86. The summed E-state index contributed by atoms with van der Waals surface area (Å²) in [5.41, 5.74) is 0.782. The second kappa shape index (κ2) is 9.73. The van der Waals surface area contributed by atoms with E-state index in [0.29, 0.717) is 19.0 Å². The highest BCUT2D eigenvalue weighted by Gasteiger charge is 2.20. The lowest BCUT2D eigenvalue weighted by Crippen LogP contribution is -2.35. The summed E-state index contributed by atoms with van der Waals surface area (Å²) in [6.07, 6.45) is 4.17. The lowest BCUT2D eigenvalue weighted by molar-refractivity contribution is -0.117. The molecule has 0 spiro atoms. The number of hydrogen-bond acceptors (Lipinski definition) is 3. The zero-order valence-corrected chi connectivity index (χ0v) is 16.6. The smallest absolute Gasteiger partial charge is 0.244 e. The molecule has 140 valence electrons. The Morgan fingerprint density at radius 1 is 1.12 bits per heavy atom. The second-order valence-electron chi connectivity index (χ2n) is 6.17. The quantitative estimate of drug-likeness (QED) is 0.682. The Balaban J connectivity index is 2.79. The number of nitrogens with one attached hydrogen (secondary N) is 1. The first-order chi connectivity index (χ1) is 11.8. The van der Waals surface area contributed by atoms with Crippen LogP contribution in [0.3, 0.4) is 0 Å². The Kier molecular flexibility index (Phi) is 8.32. The summed E-state index contributed by atoms with van der Waals surface area (Å²) in [6.45, 7) is 10.7. The van der Waals surface area contributed by atoms with E-state index in [1.165, 1.54) is 10.4 Å². The predicted molar refractivity (Wildman–Crippen MR) is 103 cm³/mol. The van der Waals surface area contributed by atoms with Crippen molar-refractivity contribution in [2.45, 2.75) is 52.0 Å². The molecule has 0 fully saturated rings. The summed E-state index contributed by atoms with van der Waals surface area (Å²) >= 11 is 0. The van der Waals surface area contributed by atoms with Gasteiger partial charge < -0.3 is 5.32 Å². The van der Waals surface area contributed by atoms with E-state index in [-0.39, 0.29) is 16.8 Å². The molecule has 0 aliphatic heterocycles. The average Bonchev–Trinajstić information content (AvgIpc) is 2.60. The summed E-state index contributed by atoms with van der Waals surface area (Å²) in [4.78, 5) is 12.2. The molecule has 0 aromatic heterocycles. The maximum absolute atomic E-state index is 12.4. The number of benzene rings is 1. The molecule has 2 atom stereocenters. The fourth-order valence-electron chi connectivity index (χ4n) is 2.40. The molecule has 0 saturated heterocycles. The van der Waals surface area contributed by atoms with Gasteiger partial charge in [0, 0.05) is 25.2 Å². The predicted octanol–water partition coefficient (Wildman–Crippen LogP) is 3.28. The van der Waals surface area contributed by atoms with Crippen LogP contribution >= 0.6 is 0 Å². The van der Waals surface area contributed by atoms with Crippen LogP contribution in [-0.2, 0) is 14.8 Å². The van der Waals surface area contributed by atoms with Crippen molar-refractivity contribution in [3.8, 4) is 0 Å². The van der Waals surface area contributed by atoms with Crippen molar-refractivity contribution in [3.05, 3.63) is 35.9 Å². The van der Waals surface area contributed by atoms with Crippen molar-refractivity contribution in [2.24, 2.45) is 5.92 Å². The first-order valence-electron chi connectivity index (χ1n) is 8.84. The van der Waals surface area contributed by atoms with Crippen LogP contribution in [0, 0.1) is 5.92 Å². The van der Waals surface area contributed by atoms with Crippen molar-refractivity contribution in [1.29, 1.82) is 0 Å². The van der Waals surface area contributed by atoms with Gasteiger partial charge in [0.15, 0.2) is 0 Å². The number of rotatable bonds is 9. The third kappa shape index (κ3) is 5.97. The number of carbonyl (C=O) groups is 1. The SMILES string of the molecule is CC[C@H](C)[C@H](C)NC(=O)/C=C\c1ccc(S(=O)(=O)N(CC)CC)cc1. The number of nitrogens with zero attached hydrogens (tertiary/aromatic N) is 1. The Bertz CT molecular complexity index is 677. The molecule has 5 nitrogen and oxygen atoms in total. The van der Waals surface area contributed by atoms with Crippen LogP contribution in [0.4, 0.5) is 0 Å². The normalized spacial score (nSPS) is 14.6. The van der Waals surface area contributed by atoms with Crippen LogP contribution in [-0.4, -0.2) is 37.8 Å². The first kappa shape index (κ1) is 21.4. The van der Waals surface area contributed by atoms with Crippen LogP contribution in [0.25, 0.3) is 6.08 Å². The van der Waals surface area contributed by atoms with Crippen molar-refractivity contribution >= 4 is 22.0 Å². The Morgan fingerprint density at radius 2 is 1.68 bits per heavy atom. The van der Waals surface area contributed by atoms with Gasteiger partial charge in [-0.15, -0.1) is 0 Å². The van der Waals surface area contributed by atoms with Crippen LogP contribution in [0.1, 0.15) is 46.6 Å². The highest BCUT2D eigenvalue weighted by Crippen LogP contribution is 2.16. The van der Waals surface area contributed by atoms with Gasteiger partial charge in [0.25, 0.3) is 0 Å². The van der Waals surface area contributed by atoms with Crippen molar-refractivity contribution < 1.29 is 13.2 Å². The van der Waals surface area contributed by atoms with Gasteiger partial charge in [-0.05, 0) is 36.6 Å². The fraction of sp³-hybridized carbons (Fsp3) is 0.526. The van der Waals surface area contributed by atoms with E-state index in [1.807, 2.05) is 20.8 Å². The molecular weight excluding hydrogens is 336 g/mol. The maximum Gasteiger partial charge on any atom is 0.244 e. The molecule has 25 heavy (non-hydrogen) atoms. The standard InChI is InChI=1S/C19H30N2O3S/c1-6-15(4)16(5)20-19(22)14-11-17-9-12-18(13-10-17)25(23,24)21(7-2)8-3/h9-16H,6-8H2,1-5H3,(H,20,22)/b14-11-/t15-,16-/m0/s1. The van der Waals surface area contributed by atoms with Gasteiger partial charge in [0.1, 0.15) is 0 Å². The molecule has 0 radical (unpaired) electrons. The van der Waals surface area contributed by atoms with Crippen molar-refractivity contribution in [2.75, 3.05) is 13.1 Å². The van der Waals surface area contributed by atoms with E-state index >= 15 is 0 Å². The number of amides is 1. The van der Waals surface area contributed by atoms with E-state index in [4.69, 9.17) is 0 Å². The topological polar surface area (TPSA) is 66.5 Å². The molecule has 1 N–H and O–H groups in total. The average molecular weight is 367 g/mol. The summed E-state index contributed by atoms with van der Waals surface area (Å²) in [5, 5.41) is 2.94. The molecule has 0 aliphatic carbocycles. The Labute approximate surface area is 152 Å². The lowest BCUT2D eigenvalue weighted by atomic mass is 10.0. The summed E-state index contributed by atoms with van der Waals surface area (Å²) in [6, 6.07) is 6.68. The number of hydrogen-bond donors (Lipinski definition) is 1. The van der Waals surface area contributed by atoms with E-state index in [2.05, 4.69) is 19.2 Å². The molecule has 0 saturated carbocycles. The molecule has 0 heterocycles. The van der Waals surface area contributed by atoms with Crippen molar-refractivity contribution in [1.82, 2.24) is 9.62 Å². The lowest BCUT2D eigenvalue weighted by Gasteiger charge is -2.18. The molecule has 1 aromatic rings. The van der Waals surface area contributed by atoms with E-state index in [1.54, 1.807) is 30.3 Å². The zero-order chi connectivity index (χ0) is 19.0. The van der Waals surface area contributed by atoms with Gasteiger partial charge in [0.2, 0.25) is 15.9 Å². The highest BCUT2D eigenvalue weighted by molar-refractivity contribution is 7.89. The molecule has 0 unspecified atom stereocenters. The monoisotopic (exact) mass is 366 g/mol. The largest absolute Gasteiger partial charge is 0.350 e. The maximum atomic E-state index is 12.4. The minimum absolute atomic E-state index is 0.115. The molecule has 1 amide bonds. The van der Waals surface area contributed by atoms with E-state index in [0.717, 1.165) is 12.0 Å². The van der Waals surface area contributed by atoms with E-state index < -0.39 is 10.0 Å². The Hall–Kier alpha value is -1.66. The van der Waals surface area contributed by atoms with Crippen LogP contribution < -0.4 is 5.32 Å². The minimum atomic E-state index is -3.45. The van der Waals surface area contributed by atoms with Gasteiger partial charge in [-0.1, -0.05) is 46.2 Å². The van der Waals surface area contributed by atoms with Gasteiger partial charge >= 0.3 is 0 Å². The summed E-state index contributed by atoms with van der Waals surface area (Å²) < 4.78 is 26.3. The third-order valence-electron chi connectivity index (χ3n) is 4.52. The van der Waals surface area contributed by atoms with Gasteiger partial charge in [0.05, 0.1) is 4.90 Å². The molecule has 1 rings (SSSR count). The van der Waals surface area contributed by atoms with E-state index in [9.17, 15) is 13.2 Å². The Morgan fingerprint density at radius 3 is 2.16 bits per heavy atom. The molecule has 0 aliphatic rings. The number of sulfonamides is 1. The molecule has 1 aromatic carbocycles. The van der Waals surface area contributed by atoms with Gasteiger partial charge in [-0.2, -0.15) is 4.31 Å². The molecule has 6 heteroatoms.